The van der Waals surface area contributed by atoms with Gasteiger partial charge in [-0.3, -0.25) is 19.3 Å². The van der Waals surface area contributed by atoms with Crippen LogP contribution in [0.2, 0.25) is 0 Å². The number of imide groups is 1. The van der Waals surface area contributed by atoms with Crippen molar-refractivity contribution in [3.05, 3.63) is 35.9 Å². The summed E-state index contributed by atoms with van der Waals surface area (Å²) >= 11 is 0. The van der Waals surface area contributed by atoms with Crippen molar-refractivity contribution in [2.24, 2.45) is 11.8 Å². The standard InChI is InChI=1S/C21H29N3O3/c1-23(2)18(15-8-4-3-5-9-15)14-22-19(25)12-13-24-20(26)16-10-6-7-11-17(16)21(24)27/h3-5,8-9,16-18H,6-7,10-14H2,1-2H3,(H,22,25)/t16-,17-,18+/m0/s1. The second kappa shape index (κ2) is 8.65. The van der Waals surface area contributed by atoms with Crippen LogP contribution in [0.3, 0.4) is 0 Å². The van der Waals surface area contributed by atoms with Gasteiger partial charge in [-0.25, -0.2) is 0 Å². The van der Waals surface area contributed by atoms with E-state index < -0.39 is 0 Å². The van der Waals surface area contributed by atoms with E-state index in [4.69, 9.17) is 0 Å². The average molecular weight is 371 g/mol. The van der Waals surface area contributed by atoms with Crippen LogP contribution in [-0.2, 0) is 14.4 Å². The molecule has 3 rings (SSSR count). The van der Waals surface area contributed by atoms with Gasteiger partial charge in [0.15, 0.2) is 0 Å². The third kappa shape index (κ3) is 4.38. The van der Waals surface area contributed by atoms with Crippen molar-refractivity contribution < 1.29 is 14.4 Å². The van der Waals surface area contributed by atoms with Gasteiger partial charge in [-0.05, 0) is 32.5 Å². The summed E-state index contributed by atoms with van der Waals surface area (Å²) in [4.78, 5) is 40.6. The Labute approximate surface area is 160 Å². The number of likely N-dealkylation sites (N-methyl/N-ethyl adjacent to an activating group) is 1. The van der Waals surface area contributed by atoms with E-state index in [9.17, 15) is 14.4 Å². The van der Waals surface area contributed by atoms with Crippen molar-refractivity contribution in [2.45, 2.75) is 38.1 Å². The second-order valence-electron chi connectivity index (χ2n) is 7.77. The topological polar surface area (TPSA) is 69.7 Å². The lowest BCUT2D eigenvalue weighted by Gasteiger charge is -2.25. The summed E-state index contributed by atoms with van der Waals surface area (Å²) in [6.07, 6.45) is 3.80. The van der Waals surface area contributed by atoms with Gasteiger partial charge in [-0.15, -0.1) is 0 Å². The molecule has 1 heterocycles. The molecule has 0 unspecified atom stereocenters. The molecule has 1 aliphatic carbocycles. The first-order chi connectivity index (χ1) is 13.0. The molecule has 2 aliphatic rings. The summed E-state index contributed by atoms with van der Waals surface area (Å²) in [5.74, 6) is -0.579. The molecule has 1 saturated heterocycles. The third-order valence-electron chi connectivity index (χ3n) is 5.80. The van der Waals surface area contributed by atoms with Crippen LogP contribution >= 0.6 is 0 Å². The van der Waals surface area contributed by atoms with Crippen LogP contribution in [0.1, 0.15) is 43.7 Å². The lowest BCUT2D eigenvalue weighted by Crippen LogP contribution is -2.38. The molecule has 0 spiro atoms. The lowest BCUT2D eigenvalue weighted by molar-refractivity contribution is -0.140. The smallest absolute Gasteiger partial charge is 0.233 e. The molecular formula is C21H29N3O3. The largest absolute Gasteiger partial charge is 0.354 e. The Morgan fingerprint density at radius 2 is 1.70 bits per heavy atom. The third-order valence-corrected chi connectivity index (χ3v) is 5.80. The predicted molar refractivity (Wildman–Crippen MR) is 103 cm³/mol. The number of likely N-dealkylation sites (tertiary alicyclic amines) is 1. The number of hydrogen-bond acceptors (Lipinski definition) is 4. The molecule has 0 bridgehead atoms. The number of nitrogens with zero attached hydrogens (tertiary/aromatic N) is 2. The first-order valence-corrected chi connectivity index (χ1v) is 9.82. The maximum absolute atomic E-state index is 12.5. The first kappa shape index (κ1) is 19.5. The fourth-order valence-electron chi connectivity index (χ4n) is 4.24. The molecule has 0 aromatic heterocycles. The van der Waals surface area contributed by atoms with Crippen LogP contribution in [0, 0.1) is 11.8 Å². The van der Waals surface area contributed by atoms with Gasteiger partial charge in [-0.1, -0.05) is 43.2 Å². The van der Waals surface area contributed by atoms with Crippen molar-refractivity contribution in [3.63, 3.8) is 0 Å². The quantitative estimate of drug-likeness (QED) is 0.744. The second-order valence-corrected chi connectivity index (χ2v) is 7.77. The van der Waals surface area contributed by atoms with Crippen molar-refractivity contribution in [2.75, 3.05) is 27.2 Å². The number of hydrogen-bond donors (Lipinski definition) is 1. The molecular weight excluding hydrogens is 342 g/mol. The normalized spacial score (nSPS) is 23.4. The molecule has 1 aromatic rings. The minimum absolute atomic E-state index is 0.0760. The Morgan fingerprint density at radius 1 is 1.11 bits per heavy atom. The van der Waals surface area contributed by atoms with E-state index in [1.54, 1.807) is 0 Å². The van der Waals surface area contributed by atoms with Crippen LogP contribution in [0.25, 0.3) is 0 Å². The monoisotopic (exact) mass is 371 g/mol. The van der Waals surface area contributed by atoms with Crippen molar-refractivity contribution >= 4 is 17.7 Å². The number of rotatable bonds is 7. The maximum Gasteiger partial charge on any atom is 0.233 e. The molecule has 6 heteroatoms. The zero-order valence-corrected chi connectivity index (χ0v) is 16.2. The van der Waals surface area contributed by atoms with E-state index in [2.05, 4.69) is 10.2 Å². The molecule has 146 valence electrons. The van der Waals surface area contributed by atoms with Gasteiger partial charge in [0.2, 0.25) is 17.7 Å². The zero-order valence-electron chi connectivity index (χ0n) is 16.2. The Bertz CT molecular complexity index is 665. The minimum atomic E-state index is -0.148. The molecule has 2 fully saturated rings. The fourth-order valence-corrected chi connectivity index (χ4v) is 4.24. The molecule has 3 atom stereocenters. The average Bonchev–Trinajstić information content (AvgIpc) is 2.91. The summed E-state index contributed by atoms with van der Waals surface area (Å²) in [5, 5.41) is 2.95. The van der Waals surface area contributed by atoms with Crippen LogP contribution in [-0.4, -0.2) is 54.7 Å². The Kier molecular flexibility index (Phi) is 6.26. The Hall–Kier alpha value is -2.21. The van der Waals surface area contributed by atoms with Gasteiger partial charge in [0.1, 0.15) is 0 Å². The number of carbonyl (C=O) groups is 3. The summed E-state index contributed by atoms with van der Waals surface area (Å²) in [5.41, 5.74) is 1.14. The van der Waals surface area contributed by atoms with E-state index in [0.717, 1.165) is 31.2 Å². The van der Waals surface area contributed by atoms with Crippen molar-refractivity contribution in [1.29, 1.82) is 0 Å². The van der Waals surface area contributed by atoms with Crippen LogP contribution in [0.4, 0.5) is 0 Å². The number of carbonyl (C=O) groups excluding carboxylic acids is 3. The summed E-state index contributed by atoms with van der Waals surface area (Å²) in [6, 6.07) is 10.1. The number of fused-ring (bicyclic) bond motifs is 1. The SMILES string of the molecule is CN(C)[C@H](CNC(=O)CCN1C(=O)[C@H]2CCCC[C@@H]2C1=O)c1ccccc1. The highest BCUT2D eigenvalue weighted by atomic mass is 16.2. The minimum Gasteiger partial charge on any atom is -0.354 e. The van der Waals surface area contributed by atoms with Crippen molar-refractivity contribution in [3.8, 4) is 0 Å². The number of benzene rings is 1. The molecule has 3 amide bonds. The van der Waals surface area contributed by atoms with E-state index in [1.165, 1.54) is 4.90 Å². The van der Waals surface area contributed by atoms with Crippen molar-refractivity contribution in [1.82, 2.24) is 15.1 Å². The molecule has 1 aromatic carbocycles. The van der Waals surface area contributed by atoms with Gasteiger partial charge in [0, 0.05) is 19.5 Å². The van der Waals surface area contributed by atoms with E-state index in [0.29, 0.717) is 6.54 Å². The van der Waals surface area contributed by atoms with Crippen LogP contribution in [0.5, 0.6) is 0 Å². The van der Waals surface area contributed by atoms with Gasteiger partial charge in [0.05, 0.1) is 17.9 Å². The summed E-state index contributed by atoms with van der Waals surface area (Å²) in [6.45, 7) is 0.678. The van der Waals surface area contributed by atoms with Crippen LogP contribution in [0.15, 0.2) is 30.3 Å². The fraction of sp³-hybridized carbons (Fsp3) is 0.571. The Balaban J connectivity index is 1.51. The van der Waals surface area contributed by atoms with Gasteiger partial charge < -0.3 is 10.2 Å². The lowest BCUT2D eigenvalue weighted by atomic mass is 9.81. The predicted octanol–water partition coefficient (Wildman–Crippen LogP) is 1.97. The highest BCUT2D eigenvalue weighted by molar-refractivity contribution is 6.05. The maximum atomic E-state index is 12.5. The first-order valence-electron chi connectivity index (χ1n) is 9.82. The van der Waals surface area contributed by atoms with E-state index >= 15 is 0 Å². The molecule has 0 radical (unpaired) electrons. The highest BCUT2D eigenvalue weighted by Gasteiger charge is 2.47. The molecule has 1 aliphatic heterocycles. The van der Waals surface area contributed by atoms with E-state index in [-0.39, 0.29) is 48.6 Å². The summed E-state index contributed by atoms with van der Waals surface area (Å²) < 4.78 is 0. The summed E-state index contributed by atoms with van der Waals surface area (Å²) in [7, 11) is 3.96. The molecule has 27 heavy (non-hydrogen) atoms. The Morgan fingerprint density at radius 3 is 2.26 bits per heavy atom. The van der Waals surface area contributed by atoms with Gasteiger partial charge >= 0.3 is 0 Å². The van der Waals surface area contributed by atoms with E-state index in [1.807, 2.05) is 44.4 Å². The van der Waals surface area contributed by atoms with Gasteiger partial charge in [0.25, 0.3) is 0 Å². The number of amides is 3. The number of nitrogens with one attached hydrogen (secondary N) is 1. The molecule has 1 saturated carbocycles. The van der Waals surface area contributed by atoms with Crippen LogP contribution < -0.4 is 5.32 Å². The highest BCUT2D eigenvalue weighted by Crippen LogP contribution is 2.37. The molecule has 1 N–H and O–H groups in total. The molecule has 6 nitrogen and oxygen atoms in total. The van der Waals surface area contributed by atoms with Gasteiger partial charge in [-0.2, -0.15) is 0 Å². The zero-order chi connectivity index (χ0) is 19.4.